The van der Waals surface area contributed by atoms with E-state index in [9.17, 15) is 0 Å². The van der Waals surface area contributed by atoms with Crippen molar-refractivity contribution in [1.82, 2.24) is 14.5 Å². The van der Waals surface area contributed by atoms with Gasteiger partial charge in [-0.3, -0.25) is 4.90 Å². The lowest BCUT2D eigenvalue weighted by atomic mass is 10.1. The van der Waals surface area contributed by atoms with Gasteiger partial charge in [0.25, 0.3) is 0 Å². The molecule has 6 heteroatoms. The van der Waals surface area contributed by atoms with Gasteiger partial charge >= 0.3 is 0 Å². The van der Waals surface area contributed by atoms with Crippen molar-refractivity contribution in [2.24, 2.45) is 0 Å². The second-order valence-corrected chi connectivity index (χ2v) is 7.16. The van der Waals surface area contributed by atoms with E-state index in [4.69, 9.17) is 16.3 Å². The molecule has 1 aliphatic heterocycles. The summed E-state index contributed by atoms with van der Waals surface area (Å²) in [5.74, 6) is 0.418. The zero-order valence-electron chi connectivity index (χ0n) is 12.8. The number of nitrogens with zero attached hydrogens (tertiary/aromatic N) is 3. The third-order valence-electron chi connectivity index (χ3n) is 3.89. The summed E-state index contributed by atoms with van der Waals surface area (Å²) in [6.07, 6.45) is 0.106. The van der Waals surface area contributed by atoms with Crippen molar-refractivity contribution in [3.63, 3.8) is 0 Å². The van der Waals surface area contributed by atoms with E-state index >= 15 is 0 Å². The first-order valence-corrected chi connectivity index (χ1v) is 8.69. The second-order valence-electron chi connectivity index (χ2n) is 5.88. The molecule has 0 amide bonds. The van der Waals surface area contributed by atoms with Gasteiger partial charge in [-0.1, -0.05) is 42.1 Å². The highest BCUT2D eigenvalue weighted by Crippen LogP contribution is 2.27. The molecule has 0 bridgehead atoms. The number of hydrogen-bond acceptors (Lipinski definition) is 5. The quantitative estimate of drug-likeness (QED) is 0.848. The first-order chi connectivity index (χ1) is 10.6. The third kappa shape index (κ3) is 3.66. The predicted octanol–water partition coefficient (Wildman–Crippen LogP) is 3.89. The molecule has 1 aromatic heterocycles. The van der Waals surface area contributed by atoms with Gasteiger partial charge in [-0.15, -0.1) is 5.10 Å². The molecule has 2 aromatic rings. The molecule has 0 saturated carbocycles. The summed E-state index contributed by atoms with van der Waals surface area (Å²) < 4.78 is 10.0. The van der Waals surface area contributed by atoms with Crippen LogP contribution >= 0.6 is 23.1 Å². The van der Waals surface area contributed by atoms with Gasteiger partial charge in [0.15, 0.2) is 0 Å². The summed E-state index contributed by atoms with van der Waals surface area (Å²) in [6, 6.07) is 7.93. The van der Waals surface area contributed by atoms with Gasteiger partial charge < -0.3 is 4.74 Å². The van der Waals surface area contributed by atoms with Gasteiger partial charge in [0, 0.05) is 24.7 Å². The number of morpholine rings is 1. The van der Waals surface area contributed by atoms with Crippen molar-refractivity contribution in [1.29, 1.82) is 0 Å². The molecule has 1 fully saturated rings. The fourth-order valence-electron chi connectivity index (χ4n) is 2.69. The molecule has 3 rings (SSSR count). The lowest BCUT2D eigenvalue weighted by Gasteiger charge is -2.33. The van der Waals surface area contributed by atoms with Crippen LogP contribution in [0.3, 0.4) is 0 Å². The van der Waals surface area contributed by atoms with Crippen LogP contribution in [-0.4, -0.2) is 34.2 Å². The van der Waals surface area contributed by atoms with Gasteiger partial charge in [-0.2, -0.15) is 0 Å². The van der Waals surface area contributed by atoms with Crippen LogP contribution in [0.2, 0.25) is 5.02 Å². The fourth-order valence-corrected chi connectivity index (χ4v) is 3.66. The SMILES string of the molecule is CC(C)c1nnsc1CN1CCOC(c2ccc(Cl)cc2)C1. The normalized spacial score (nSPS) is 19.7. The van der Waals surface area contributed by atoms with Crippen LogP contribution in [0.1, 0.15) is 42.0 Å². The Morgan fingerprint density at radius 2 is 2.14 bits per heavy atom. The Balaban J connectivity index is 1.68. The standard InChI is InChI=1S/C16H20ClN3OS/c1-11(2)16-15(22-19-18-16)10-20-7-8-21-14(9-20)12-3-5-13(17)6-4-12/h3-6,11,14H,7-10H2,1-2H3. The third-order valence-corrected chi connectivity index (χ3v) is 4.87. The smallest absolute Gasteiger partial charge is 0.0952 e. The maximum atomic E-state index is 5.96. The van der Waals surface area contributed by atoms with Crippen LogP contribution < -0.4 is 0 Å². The number of benzene rings is 1. The molecule has 0 N–H and O–H groups in total. The van der Waals surface area contributed by atoms with Crippen LogP contribution in [0.4, 0.5) is 0 Å². The van der Waals surface area contributed by atoms with Gasteiger partial charge in [0.2, 0.25) is 0 Å². The second kappa shape index (κ2) is 7.04. The number of halogens is 1. The van der Waals surface area contributed by atoms with Gasteiger partial charge in [0.05, 0.1) is 23.3 Å². The predicted molar refractivity (Wildman–Crippen MR) is 89.4 cm³/mol. The molecule has 0 radical (unpaired) electrons. The molecule has 1 aliphatic rings. The minimum atomic E-state index is 0.106. The van der Waals surface area contributed by atoms with Crippen molar-refractivity contribution >= 4 is 23.1 Å². The van der Waals surface area contributed by atoms with Gasteiger partial charge in [-0.25, -0.2) is 0 Å². The lowest BCUT2D eigenvalue weighted by Crippen LogP contribution is -2.37. The highest BCUT2D eigenvalue weighted by Gasteiger charge is 2.24. The Labute approximate surface area is 140 Å². The van der Waals surface area contributed by atoms with E-state index in [0.717, 1.165) is 37.0 Å². The molecule has 4 nitrogen and oxygen atoms in total. The average Bonchev–Trinajstić information content (AvgIpc) is 2.96. The van der Waals surface area contributed by atoms with Crippen molar-refractivity contribution < 1.29 is 4.74 Å². The molecule has 22 heavy (non-hydrogen) atoms. The first kappa shape index (κ1) is 15.9. The zero-order valence-corrected chi connectivity index (χ0v) is 14.4. The van der Waals surface area contributed by atoms with Crippen molar-refractivity contribution in [3.8, 4) is 0 Å². The van der Waals surface area contributed by atoms with Crippen molar-refractivity contribution in [2.75, 3.05) is 19.7 Å². The van der Waals surface area contributed by atoms with E-state index in [1.165, 1.54) is 22.0 Å². The van der Waals surface area contributed by atoms with Crippen LogP contribution in [0.25, 0.3) is 0 Å². The summed E-state index contributed by atoms with van der Waals surface area (Å²) in [5.41, 5.74) is 2.31. The van der Waals surface area contributed by atoms with E-state index < -0.39 is 0 Å². The monoisotopic (exact) mass is 337 g/mol. The highest BCUT2D eigenvalue weighted by molar-refractivity contribution is 7.05. The number of rotatable bonds is 4. The molecule has 2 heterocycles. The molecule has 1 unspecified atom stereocenters. The maximum Gasteiger partial charge on any atom is 0.0952 e. The topological polar surface area (TPSA) is 38.2 Å². The minimum Gasteiger partial charge on any atom is -0.371 e. The molecule has 118 valence electrons. The van der Waals surface area contributed by atoms with Crippen LogP contribution in [0.5, 0.6) is 0 Å². The maximum absolute atomic E-state index is 5.96. The van der Waals surface area contributed by atoms with Crippen LogP contribution in [0.15, 0.2) is 24.3 Å². The van der Waals surface area contributed by atoms with E-state index in [2.05, 4.69) is 28.3 Å². The van der Waals surface area contributed by atoms with Crippen molar-refractivity contribution in [2.45, 2.75) is 32.4 Å². The Hall–Kier alpha value is -1.01. The summed E-state index contributed by atoms with van der Waals surface area (Å²) in [5, 5.41) is 5.02. The molecule has 1 saturated heterocycles. The number of hydrogen-bond donors (Lipinski definition) is 0. The minimum absolute atomic E-state index is 0.106. The van der Waals surface area contributed by atoms with E-state index in [-0.39, 0.29) is 6.10 Å². The molecular weight excluding hydrogens is 318 g/mol. The summed E-state index contributed by atoms with van der Waals surface area (Å²) in [4.78, 5) is 3.69. The van der Waals surface area contributed by atoms with Gasteiger partial charge in [-0.05, 0) is 35.1 Å². The molecule has 1 aromatic carbocycles. The molecule has 0 spiro atoms. The van der Waals surface area contributed by atoms with Gasteiger partial charge in [0.1, 0.15) is 0 Å². The van der Waals surface area contributed by atoms with E-state index in [0.29, 0.717) is 5.92 Å². The molecule has 0 aliphatic carbocycles. The van der Waals surface area contributed by atoms with Crippen molar-refractivity contribution in [3.05, 3.63) is 45.4 Å². The zero-order chi connectivity index (χ0) is 15.5. The summed E-state index contributed by atoms with van der Waals surface area (Å²) in [6.45, 7) is 7.80. The Bertz CT molecular complexity index is 614. The fraction of sp³-hybridized carbons (Fsp3) is 0.500. The van der Waals surface area contributed by atoms with Crippen LogP contribution in [0, 0.1) is 0 Å². The van der Waals surface area contributed by atoms with Crippen LogP contribution in [-0.2, 0) is 11.3 Å². The number of aromatic nitrogens is 2. The largest absolute Gasteiger partial charge is 0.371 e. The summed E-state index contributed by atoms with van der Waals surface area (Å²) >= 11 is 7.47. The highest BCUT2D eigenvalue weighted by atomic mass is 35.5. The van der Waals surface area contributed by atoms with E-state index in [1.807, 2.05) is 24.3 Å². The number of ether oxygens (including phenoxy) is 1. The summed E-state index contributed by atoms with van der Waals surface area (Å²) in [7, 11) is 0. The molecular formula is C16H20ClN3OS. The Morgan fingerprint density at radius 1 is 1.36 bits per heavy atom. The lowest BCUT2D eigenvalue weighted by molar-refractivity contribution is -0.0327. The molecule has 1 atom stereocenters. The Kier molecular flexibility index (Phi) is 5.08. The van der Waals surface area contributed by atoms with E-state index in [1.54, 1.807) is 0 Å². The average molecular weight is 338 g/mol. The Morgan fingerprint density at radius 3 is 2.86 bits per heavy atom. The first-order valence-electron chi connectivity index (χ1n) is 7.54.